The maximum absolute atomic E-state index is 11.7. The predicted molar refractivity (Wildman–Crippen MR) is 74.7 cm³/mol. The molecule has 2 unspecified atom stereocenters. The van der Waals surface area contributed by atoms with E-state index in [4.69, 9.17) is 0 Å². The van der Waals surface area contributed by atoms with Gasteiger partial charge >= 0.3 is 0 Å². The van der Waals surface area contributed by atoms with Crippen molar-refractivity contribution in [3.8, 4) is 0 Å². The van der Waals surface area contributed by atoms with E-state index >= 15 is 0 Å². The molecule has 2 atom stereocenters. The fraction of sp³-hybridized carbons (Fsp3) is 0.933. The molecule has 0 amide bonds. The van der Waals surface area contributed by atoms with E-state index in [1.807, 2.05) is 0 Å². The Balaban J connectivity index is 1.74. The van der Waals surface area contributed by atoms with Gasteiger partial charge in [0.25, 0.3) is 0 Å². The molecule has 2 aliphatic rings. The molecule has 0 radical (unpaired) electrons. The molecule has 0 N–H and O–H groups in total. The molecule has 3 nitrogen and oxygen atoms in total. The number of likely N-dealkylation sites (tertiary alicyclic amines) is 2. The average Bonchev–Trinajstić information content (AvgIpc) is 2.39. The van der Waals surface area contributed by atoms with Crippen LogP contribution in [0.4, 0.5) is 0 Å². The summed E-state index contributed by atoms with van der Waals surface area (Å²) in [5.74, 6) is 0.798. The molecule has 104 valence electrons. The van der Waals surface area contributed by atoms with Crippen LogP contribution in [0.1, 0.15) is 45.4 Å². The molecular weight excluding hydrogens is 224 g/mol. The number of rotatable bonds is 4. The number of hydrogen-bond donors (Lipinski definition) is 0. The van der Waals surface area contributed by atoms with E-state index in [9.17, 15) is 4.79 Å². The van der Waals surface area contributed by atoms with Crippen molar-refractivity contribution in [1.29, 1.82) is 0 Å². The van der Waals surface area contributed by atoms with Crippen molar-refractivity contribution in [2.75, 3.05) is 33.2 Å². The van der Waals surface area contributed by atoms with Crippen LogP contribution in [0, 0.1) is 5.92 Å². The largest absolute Gasteiger partial charge is 0.303 e. The number of hydrogen-bond acceptors (Lipinski definition) is 3. The smallest absolute Gasteiger partial charge is 0.138 e. The molecule has 2 rings (SSSR count). The lowest BCUT2D eigenvalue weighted by atomic mass is 9.93. The van der Waals surface area contributed by atoms with Gasteiger partial charge in [0.1, 0.15) is 5.78 Å². The molecule has 0 spiro atoms. The highest BCUT2D eigenvalue weighted by Gasteiger charge is 2.26. The molecule has 2 heterocycles. The molecule has 0 aromatic carbocycles. The standard InChI is InChI=1S/C15H28N2O/c1-3-13-12-17(11-8-15(13)18)10-7-14-6-4-5-9-16(14)2/h13-14H,3-12H2,1-2H3. The van der Waals surface area contributed by atoms with Crippen LogP contribution in [0.3, 0.4) is 0 Å². The van der Waals surface area contributed by atoms with Crippen molar-refractivity contribution < 1.29 is 4.79 Å². The van der Waals surface area contributed by atoms with Crippen LogP contribution in [0.25, 0.3) is 0 Å². The quantitative estimate of drug-likeness (QED) is 0.766. The minimum Gasteiger partial charge on any atom is -0.303 e. The van der Waals surface area contributed by atoms with Crippen molar-refractivity contribution in [3.63, 3.8) is 0 Å². The fourth-order valence-corrected chi connectivity index (χ4v) is 3.38. The van der Waals surface area contributed by atoms with E-state index in [-0.39, 0.29) is 0 Å². The normalized spacial score (nSPS) is 31.8. The molecule has 2 fully saturated rings. The Labute approximate surface area is 112 Å². The maximum atomic E-state index is 11.7. The first-order chi connectivity index (χ1) is 8.70. The summed E-state index contributed by atoms with van der Waals surface area (Å²) in [6, 6.07) is 0.774. The minimum absolute atomic E-state index is 0.308. The van der Waals surface area contributed by atoms with Gasteiger partial charge in [-0.3, -0.25) is 4.79 Å². The Morgan fingerprint density at radius 1 is 1.28 bits per heavy atom. The number of piperidine rings is 2. The zero-order chi connectivity index (χ0) is 13.0. The number of ketones is 1. The summed E-state index contributed by atoms with van der Waals surface area (Å²) in [6.07, 6.45) is 7.19. The van der Waals surface area contributed by atoms with E-state index in [1.165, 1.54) is 38.8 Å². The highest BCUT2D eigenvalue weighted by Crippen LogP contribution is 2.20. The van der Waals surface area contributed by atoms with Crippen molar-refractivity contribution in [3.05, 3.63) is 0 Å². The Morgan fingerprint density at radius 3 is 2.83 bits per heavy atom. The lowest BCUT2D eigenvalue weighted by Gasteiger charge is -2.36. The highest BCUT2D eigenvalue weighted by atomic mass is 16.1. The first kappa shape index (κ1) is 14.0. The lowest BCUT2D eigenvalue weighted by molar-refractivity contribution is -0.126. The molecule has 0 aromatic heterocycles. The minimum atomic E-state index is 0.308. The molecular formula is C15H28N2O. The van der Waals surface area contributed by atoms with Crippen LogP contribution in [-0.4, -0.2) is 54.9 Å². The molecule has 0 bridgehead atoms. The summed E-state index contributed by atoms with van der Waals surface area (Å²) < 4.78 is 0. The van der Waals surface area contributed by atoms with Crippen molar-refractivity contribution in [2.24, 2.45) is 5.92 Å². The second-order valence-electron chi connectivity index (χ2n) is 6.04. The monoisotopic (exact) mass is 252 g/mol. The lowest BCUT2D eigenvalue weighted by Crippen LogP contribution is -2.44. The Bertz CT molecular complexity index is 280. The third-order valence-corrected chi connectivity index (χ3v) is 4.80. The Hall–Kier alpha value is -0.410. The molecule has 0 saturated carbocycles. The molecule has 0 aliphatic carbocycles. The van der Waals surface area contributed by atoms with E-state index in [2.05, 4.69) is 23.8 Å². The van der Waals surface area contributed by atoms with E-state index < -0.39 is 0 Å². The SMILES string of the molecule is CCC1CN(CCC2CCCCN2C)CCC1=O. The van der Waals surface area contributed by atoms with Crippen molar-refractivity contribution >= 4 is 5.78 Å². The van der Waals surface area contributed by atoms with Gasteiger partial charge in [-0.25, -0.2) is 0 Å². The molecule has 2 aliphatic heterocycles. The van der Waals surface area contributed by atoms with Crippen LogP contribution < -0.4 is 0 Å². The summed E-state index contributed by atoms with van der Waals surface area (Å²) in [6.45, 7) is 6.58. The van der Waals surface area contributed by atoms with E-state index in [0.29, 0.717) is 11.7 Å². The predicted octanol–water partition coefficient (Wildman–Crippen LogP) is 2.16. The zero-order valence-corrected chi connectivity index (χ0v) is 12.0. The van der Waals surface area contributed by atoms with E-state index in [0.717, 1.165) is 32.0 Å². The molecule has 3 heteroatoms. The van der Waals surface area contributed by atoms with Crippen LogP contribution in [0.5, 0.6) is 0 Å². The average molecular weight is 252 g/mol. The van der Waals surface area contributed by atoms with Gasteiger partial charge in [-0.15, -0.1) is 0 Å². The van der Waals surface area contributed by atoms with Gasteiger partial charge in [0.2, 0.25) is 0 Å². The summed E-state index contributed by atoms with van der Waals surface area (Å²) in [4.78, 5) is 16.7. The summed E-state index contributed by atoms with van der Waals surface area (Å²) >= 11 is 0. The first-order valence-electron chi connectivity index (χ1n) is 7.66. The summed E-state index contributed by atoms with van der Waals surface area (Å²) in [7, 11) is 2.26. The number of nitrogens with zero attached hydrogens (tertiary/aromatic N) is 2. The zero-order valence-electron chi connectivity index (χ0n) is 12.0. The van der Waals surface area contributed by atoms with Gasteiger partial charge in [0.05, 0.1) is 0 Å². The van der Waals surface area contributed by atoms with Crippen molar-refractivity contribution in [2.45, 2.75) is 51.5 Å². The van der Waals surface area contributed by atoms with Crippen LogP contribution in [0.15, 0.2) is 0 Å². The van der Waals surface area contributed by atoms with E-state index in [1.54, 1.807) is 0 Å². The van der Waals surface area contributed by atoms with Crippen LogP contribution in [-0.2, 0) is 4.79 Å². The molecule has 18 heavy (non-hydrogen) atoms. The fourth-order valence-electron chi connectivity index (χ4n) is 3.38. The topological polar surface area (TPSA) is 23.6 Å². The van der Waals surface area contributed by atoms with Crippen molar-refractivity contribution in [1.82, 2.24) is 9.80 Å². The summed E-state index contributed by atoms with van der Waals surface area (Å²) in [5, 5.41) is 0. The van der Waals surface area contributed by atoms with Gasteiger partial charge in [-0.05, 0) is 45.8 Å². The summed E-state index contributed by atoms with van der Waals surface area (Å²) in [5.41, 5.74) is 0. The maximum Gasteiger partial charge on any atom is 0.138 e. The van der Waals surface area contributed by atoms with Gasteiger partial charge in [0, 0.05) is 31.5 Å². The first-order valence-corrected chi connectivity index (χ1v) is 7.66. The van der Waals surface area contributed by atoms with Gasteiger partial charge in [-0.2, -0.15) is 0 Å². The number of Topliss-reactive ketones (excluding diaryl/α,β-unsaturated/α-hetero) is 1. The molecule has 0 aromatic rings. The second kappa shape index (κ2) is 6.67. The Kier molecular flexibility index (Phi) is 5.19. The Morgan fingerprint density at radius 2 is 2.11 bits per heavy atom. The van der Waals surface area contributed by atoms with Crippen LogP contribution in [0.2, 0.25) is 0 Å². The van der Waals surface area contributed by atoms with Gasteiger partial charge in [-0.1, -0.05) is 13.3 Å². The second-order valence-corrected chi connectivity index (χ2v) is 6.04. The van der Waals surface area contributed by atoms with Gasteiger partial charge in [0.15, 0.2) is 0 Å². The third-order valence-electron chi connectivity index (χ3n) is 4.80. The highest BCUT2D eigenvalue weighted by molar-refractivity contribution is 5.82. The number of carbonyl (C=O) groups excluding carboxylic acids is 1. The third kappa shape index (κ3) is 3.55. The number of carbonyl (C=O) groups is 1. The van der Waals surface area contributed by atoms with Crippen LogP contribution >= 0.6 is 0 Å². The van der Waals surface area contributed by atoms with Gasteiger partial charge < -0.3 is 9.80 Å². The molecule has 2 saturated heterocycles.